The Labute approximate surface area is 133 Å². The van der Waals surface area contributed by atoms with Crippen LogP contribution in [-0.4, -0.2) is 6.04 Å². The van der Waals surface area contributed by atoms with Gasteiger partial charge in [0.05, 0.1) is 5.69 Å². The topological polar surface area (TPSA) is 12.0 Å². The van der Waals surface area contributed by atoms with Crippen molar-refractivity contribution in [2.75, 3.05) is 5.32 Å². The van der Waals surface area contributed by atoms with Gasteiger partial charge in [-0.25, -0.2) is 4.39 Å². The Balaban J connectivity index is 1.64. The van der Waals surface area contributed by atoms with Crippen molar-refractivity contribution >= 4 is 21.6 Å². The van der Waals surface area contributed by atoms with Crippen molar-refractivity contribution in [3.05, 3.63) is 63.4 Å². The quantitative estimate of drug-likeness (QED) is 0.765. The van der Waals surface area contributed by atoms with E-state index in [-0.39, 0.29) is 5.82 Å². The van der Waals surface area contributed by atoms with Crippen LogP contribution in [0, 0.1) is 19.7 Å². The summed E-state index contributed by atoms with van der Waals surface area (Å²) in [5.74, 6) is 0.389. The lowest BCUT2D eigenvalue weighted by molar-refractivity contribution is 0.373. The maximum atomic E-state index is 12.9. The zero-order valence-corrected chi connectivity index (χ0v) is 13.9. The third-order valence-corrected chi connectivity index (χ3v) is 4.89. The normalized spacial score (nSPS) is 21.0. The second-order valence-electron chi connectivity index (χ2n) is 6.00. The fourth-order valence-corrected chi connectivity index (χ4v) is 3.83. The van der Waals surface area contributed by atoms with Gasteiger partial charge in [-0.3, -0.25) is 0 Å². The molecule has 0 atom stereocenters. The summed E-state index contributed by atoms with van der Waals surface area (Å²) in [5, 5.41) is 3.63. The zero-order chi connectivity index (χ0) is 15.0. The second-order valence-corrected chi connectivity index (χ2v) is 6.85. The SMILES string of the molecule is Cc1cc(C)c(NC2CC(c3ccc(F)cc3)C2)c(Br)c1. The smallest absolute Gasteiger partial charge is 0.123 e. The van der Waals surface area contributed by atoms with Crippen LogP contribution in [0.15, 0.2) is 40.9 Å². The van der Waals surface area contributed by atoms with E-state index in [2.05, 4.69) is 47.2 Å². The van der Waals surface area contributed by atoms with Crippen molar-refractivity contribution in [3.8, 4) is 0 Å². The highest BCUT2D eigenvalue weighted by atomic mass is 79.9. The number of benzene rings is 2. The van der Waals surface area contributed by atoms with E-state index >= 15 is 0 Å². The molecule has 3 rings (SSSR count). The molecule has 0 amide bonds. The van der Waals surface area contributed by atoms with Gasteiger partial charge < -0.3 is 5.32 Å². The Morgan fingerprint density at radius 3 is 2.38 bits per heavy atom. The summed E-state index contributed by atoms with van der Waals surface area (Å²) in [4.78, 5) is 0. The zero-order valence-electron chi connectivity index (χ0n) is 12.3. The number of nitrogens with one attached hydrogen (secondary N) is 1. The van der Waals surface area contributed by atoms with Gasteiger partial charge in [-0.05, 0) is 83.4 Å². The Morgan fingerprint density at radius 2 is 1.76 bits per heavy atom. The molecule has 1 N–H and O–H groups in total. The van der Waals surface area contributed by atoms with Gasteiger partial charge in [0.25, 0.3) is 0 Å². The van der Waals surface area contributed by atoms with E-state index in [1.165, 1.54) is 22.4 Å². The van der Waals surface area contributed by atoms with Crippen molar-refractivity contribution in [1.29, 1.82) is 0 Å². The lowest BCUT2D eigenvalue weighted by Crippen LogP contribution is -2.34. The minimum Gasteiger partial charge on any atom is -0.381 e. The van der Waals surface area contributed by atoms with Crippen LogP contribution in [0.4, 0.5) is 10.1 Å². The van der Waals surface area contributed by atoms with E-state index in [0.29, 0.717) is 12.0 Å². The third kappa shape index (κ3) is 3.13. The molecule has 1 nitrogen and oxygen atoms in total. The standard InChI is InChI=1S/C18H19BrFN/c1-11-7-12(2)18(17(19)8-11)21-16-9-14(10-16)13-3-5-15(20)6-4-13/h3-8,14,16,21H,9-10H2,1-2H3. The van der Waals surface area contributed by atoms with E-state index in [9.17, 15) is 4.39 Å². The lowest BCUT2D eigenvalue weighted by atomic mass is 9.75. The van der Waals surface area contributed by atoms with Crippen molar-refractivity contribution in [2.24, 2.45) is 0 Å². The molecule has 0 aliphatic heterocycles. The van der Waals surface area contributed by atoms with Gasteiger partial charge >= 0.3 is 0 Å². The molecule has 110 valence electrons. The minimum absolute atomic E-state index is 0.160. The molecular formula is C18H19BrFN. The van der Waals surface area contributed by atoms with Crippen LogP contribution < -0.4 is 5.32 Å². The molecule has 0 bridgehead atoms. The molecule has 21 heavy (non-hydrogen) atoms. The van der Waals surface area contributed by atoms with Gasteiger partial charge in [-0.1, -0.05) is 18.2 Å². The van der Waals surface area contributed by atoms with Crippen molar-refractivity contribution in [3.63, 3.8) is 0 Å². The lowest BCUT2D eigenvalue weighted by Gasteiger charge is -2.37. The second kappa shape index (κ2) is 5.80. The van der Waals surface area contributed by atoms with Gasteiger partial charge in [0.1, 0.15) is 5.82 Å². The van der Waals surface area contributed by atoms with Gasteiger partial charge in [0.2, 0.25) is 0 Å². The molecule has 0 saturated heterocycles. The fraction of sp³-hybridized carbons (Fsp3) is 0.333. The van der Waals surface area contributed by atoms with Crippen molar-refractivity contribution in [1.82, 2.24) is 0 Å². The molecule has 1 aliphatic carbocycles. The van der Waals surface area contributed by atoms with Crippen LogP contribution in [0.5, 0.6) is 0 Å². The minimum atomic E-state index is -0.160. The highest BCUT2D eigenvalue weighted by Crippen LogP contribution is 2.40. The van der Waals surface area contributed by atoms with Crippen molar-refractivity contribution < 1.29 is 4.39 Å². The first-order valence-electron chi connectivity index (χ1n) is 7.31. The van der Waals surface area contributed by atoms with Crippen LogP contribution >= 0.6 is 15.9 Å². The molecule has 2 aromatic carbocycles. The van der Waals surface area contributed by atoms with Gasteiger partial charge in [-0.2, -0.15) is 0 Å². The van der Waals surface area contributed by atoms with Crippen LogP contribution in [0.2, 0.25) is 0 Å². The summed E-state index contributed by atoms with van der Waals surface area (Å²) < 4.78 is 14.1. The van der Waals surface area contributed by atoms with Gasteiger partial charge in [0.15, 0.2) is 0 Å². The highest BCUT2D eigenvalue weighted by molar-refractivity contribution is 9.10. The average molecular weight is 348 g/mol. The maximum Gasteiger partial charge on any atom is 0.123 e. The Hall–Kier alpha value is -1.35. The molecule has 0 aromatic heterocycles. The molecular weight excluding hydrogens is 329 g/mol. The molecule has 3 heteroatoms. The number of anilines is 1. The Morgan fingerprint density at radius 1 is 1.10 bits per heavy atom. The van der Waals surface area contributed by atoms with E-state index in [0.717, 1.165) is 17.3 Å². The predicted molar refractivity (Wildman–Crippen MR) is 89.4 cm³/mol. The predicted octanol–water partition coefficient (Wildman–Crippen LogP) is 5.56. The van der Waals surface area contributed by atoms with Crippen LogP contribution in [-0.2, 0) is 0 Å². The molecule has 0 unspecified atom stereocenters. The summed E-state index contributed by atoms with van der Waals surface area (Å²) in [7, 11) is 0. The first kappa shape index (κ1) is 14.6. The van der Waals surface area contributed by atoms with Gasteiger partial charge in [-0.15, -0.1) is 0 Å². The maximum absolute atomic E-state index is 12.9. The van der Waals surface area contributed by atoms with Crippen LogP contribution in [0.3, 0.4) is 0 Å². The largest absolute Gasteiger partial charge is 0.381 e. The monoisotopic (exact) mass is 347 g/mol. The highest BCUT2D eigenvalue weighted by Gasteiger charge is 2.30. The summed E-state index contributed by atoms with van der Waals surface area (Å²) in [5.41, 5.74) is 4.98. The summed E-state index contributed by atoms with van der Waals surface area (Å²) in [6.07, 6.45) is 2.21. The number of hydrogen-bond donors (Lipinski definition) is 1. The van der Waals surface area contributed by atoms with E-state index in [1.807, 2.05) is 12.1 Å². The molecule has 2 aromatic rings. The van der Waals surface area contributed by atoms with E-state index in [1.54, 1.807) is 12.1 Å². The number of hydrogen-bond acceptors (Lipinski definition) is 1. The fourth-order valence-electron chi connectivity index (χ4n) is 3.05. The first-order chi connectivity index (χ1) is 10.0. The average Bonchev–Trinajstić information content (AvgIpc) is 2.37. The first-order valence-corrected chi connectivity index (χ1v) is 8.11. The molecule has 0 radical (unpaired) electrons. The van der Waals surface area contributed by atoms with E-state index in [4.69, 9.17) is 0 Å². The van der Waals surface area contributed by atoms with Crippen molar-refractivity contribution in [2.45, 2.75) is 38.6 Å². The Bertz CT molecular complexity index is 622. The summed E-state index contributed by atoms with van der Waals surface area (Å²) in [6, 6.07) is 11.8. The number of aryl methyl sites for hydroxylation is 2. The third-order valence-electron chi connectivity index (χ3n) is 4.26. The molecule has 0 heterocycles. The number of halogens is 2. The van der Waals surface area contributed by atoms with E-state index < -0.39 is 0 Å². The molecule has 1 saturated carbocycles. The molecule has 0 spiro atoms. The molecule has 1 fully saturated rings. The molecule has 1 aliphatic rings. The summed E-state index contributed by atoms with van der Waals surface area (Å²) in [6.45, 7) is 4.24. The number of rotatable bonds is 3. The van der Waals surface area contributed by atoms with Crippen LogP contribution in [0.1, 0.15) is 35.4 Å². The Kier molecular flexibility index (Phi) is 4.03. The van der Waals surface area contributed by atoms with Crippen LogP contribution in [0.25, 0.3) is 0 Å². The van der Waals surface area contributed by atoms with Gasteiger partial charge in [0, 0.05) is 10.5 Å². The summed E-state index contributed by atoms with van der Waals surface area (Å²) >= 11 is 3.64.